The molecule has 7 nitrogen and oxygen atoms in total. The predicted molar refractivity (Wildman–Crippen MR) is 193 cm³/mol. The van der Waals surface area contributed by atoms with Gasteiger partial charge in [-0.25, -0.2) is 0 Å². The number of ether oxygens (including phenoxy) is 2. The largest absolute Gasteiger partial charge is 0.469 e. The maximum absolute atomic E-state index is 13.9. The van der Waals surface area contributed by atoms with Crippen molar-refractivity contribution < 1.29 is 19.1 Å². The van der Waals surface area contributed by atoms with Gasteiger partial charge in [0.2, 0.25) is 0 Å². The number of nitrogens with zero attached hydrogens (tertiary/aromatic N) is 3. The Kier molecular flexibility index (Phi) is 15.7. The molecule has 0 aromatic heterocycles. The number of azide groups is 1. The predicted octanol–water partition coefficient (Wildman–Crippen LogP) is 10.6. The van der Waals surface area contributed by atoms with Gasteiger partial charge in [-0.15, -0.1) is 0 Å². The van der Waals surface area contributed by atoms with Crippen LogP contribution in [0.5, 0.6) is 0 Å². The number of methoxy groups -OCH3 is 1. The highest BCUT2D eigenvalue weighted by atomic mass is 16.5. The van der Waals surface area contributed by atoms with E-state index >= 15 is 0 Å². The van der Waals surface area contributed by atoms with Gasteiger partial charge in [-0.2, -0.15) is 0 Å². The van der Waals surface area contributed by atoms with Crippen LogP contribution in [-0.4, -0.2) is 32.2 Å². The monoisotopic (exact) mass is 653 g/mol. The van der Waals surface area contributed by atoms with Crippen LogP contribution >= 0.6 is 0 Å². The molecule has 4 atom stereocenters. The number of benzene rings is 3. The summed E-state index contributed by atoms with van der Waals surface area (Å²) in [5, 5.41) is 3.56. The summed E-state index contributed by atoms with van der Waals surface area (Å²) in [5.74, 6) is -0.377. The molecule has 0 aliphatic carbocycles. The molecular weight excluding hydrogens is 598 g/mol. The molecule has 0 bridgehead atoms. The topological polar surface area (TPSA) is 101 Å². The fraction of sp³-hybridized carbons (Fsp3) is 0.512. The van der Waals surface area contributed by atoms with Gasteiger partial charge >= 0.3 is 11.9 Å². The highest BCUT2D eigenvalue weighted by Gasteiger charge is 2.48. The van der Waals surface area contributed by atoms with Crippen LogP contribution in [0.2, 0.25) is 0 Å². The third-order valence-electron chi connectivity index (χ3n) is 9.89. The third-order valence-corrected chi connectivity index (χ3v) is 9.89. The lowest BCUT2D eigenvalue weighted by Crippen LogP contribution is -2.42. The molecule has 0 heterocycles. The van der Waals surface area contributed by atoms with Crippen LogP contribution in [0, 0.1) is 17.3 Å². The Labute approximate surface area is 288 Å². The van der Waals surface area contributed by atoms with Crippen molar-refractivity contribution >= 4 is 11.9 Å². The van der Waals surface area contributed by atoms with Gasteiger partial charge in [-0.05, 0) is 79.5 Å². The molecule has 4 unspecified atom stereocenters. The molecule has 0 saturated carbocycles. The quantitative estimate of drug-likeness (QED) is 0.0375. The lowest BCUT2D eigenvalue weighted by Gasteiger charge is -2.44. The Hall–Kier alpha value is -4.09. The molecule has 3 aromatic carbocycles. The molecule has 0 radical (unpaired) electrons. The van der Waals surface area contributed by atoms with E-state index < -0.39 is 16.7 Å². The van der Waals surface area contributed by atoms with Crippen molar-refractivity contribution in [1.29, 1.82) is 0 Å². The van der Waals surface area contributed by atoms with Crippen LogP contribution in [0.4, 0.5) is 0 Å². The smallest absolute Gasteiger partial charge is 0.311 e. The van der Waals surface area contributed by atoms with E-state index in [0.717, 1.165) is 56.1 Å². The van der Waals surface area contributed by atoms with Crippen LogP contribution in [0.15, 0.2) is 96.1 Å². The zero-order valence-electron chi connectivity index (χ0n) is 29.6. The minimum absolute atomic E-state index is 0.234. The second kappa shape index (κ2) is 19.7. The molecule has 7 heteroatoms. The molecule has 0 fully saturated rings. The molecule has 0 aliphatic rings. The highest BCUT2D eigenvalue weighted by Crippen LogP contribution is 2.51. The van der Waals surface area contributed by atoms with E-state index in [1.165, 1.54) is 12.7 Å². The Balaban J connectivity index is 2.00. The van der Waals surface area contributed by atoms with Crippen molar-refractivity contribution in [3.05, 3.63) is 118 Å². The van der Waals surface area contributed by atoms with Crippen molar-refractivity contribution in [2.24, 2.45) is 22.4 Å². The molecule has 3 aromatic rings. The number of carbonyl (C=O) groups is 2. The maximum atomic E-state index is 13.9. The molecule has 0 aliphatic heterocycles. The fourth-order valence-corrected chi connectivity index (χ4v) is 7.23. The van der Waals surface area contributed by atoms with Gasteiger partial charge in [0.05, 0.1) is 25.0 Å². The van der Waals surface area contributed by atoms with Crippen LogP contribution < -0.4 is 0 Å². The molecule has 48 heavy (non-hydrogen) atoms. The first-order valence-electron chi connectivity index (χ1n) is 17.6. The van der Waals surface area contributed by atoms with Crippen molar-refractivity contribution in [3.63, 3.8) is 0 Å². The standard InChI is InChI=1S/C41H55N3O4/c1-6-32(2)28-35(34-20-12-9-13-21-34)30-41(36-22-14-10-15-23-36,37-24-16-11-17-25-37)31-40(4,39(46)47-5)29-33(3)38(45)48-27-19-8-7-18-26-43-44-42/h9-17,20-25,32-33,35H,6-8,18-19,26-31H2,1-5H3. The lowest BCUT2D eigenvalue weighted by molar-refractivity contribution is -0.157. The highest BCUT2D eigenvalue weighted by molar-refractivity contribution is 5.79. The van der Waals surface area contributed by atoms with Crippen molar-refractivity contribution in [2.75, 3.05) is 20.3 Å². The summed E-state index contributed by atoms with van der Waals surface area (Å²) < 4.78 is 11.2. The zero-order valence-corrected chi connectivity index (χ0v) is 29.6. The van der Waals surface area contributed by atoms with Crippen LogP contribution in [0.1, 0.15) is 108 Å². The summed E-state index contributed by atoms with van der Waals surface area (Å²) in [6.45, 7) is 9.18. The second-order valence-corrected chi connectivity index (χ2v) is 13.7. The minimum Gasteiger partial charge on any atom is -0.469 e. The van der Waals surface area contributed by atoms with Gasteiger partial charge in [0.25, 0.3) is 0 Å². The first-order valence-corrected chi connectivity index (χ1v) is 17.6. The number of hydrogen-bond donors (Lipinski definition) is 0. The number of unbranched alkanes of at least 4 members (excludes halogenated alkanes) is 3. The molecule has 0 spiro atoms. The molecule has 0 N–H and O–H groups in total. The van der Waals surface area contributed by atoms with Gasteiger partial charge in [-0.1, -0.05) is 136 Å². The minimum atomic E-state index is -0.988. The number of carbonyl (C=O) groups excluding carboxylic acids is 2. The number of esters is 2. The molecule has 258 valence electrons. The first-order chi connectivity index (χ1) is 23.2. The van der Waals surface area contributed by atoms with Gasteiger partial charge in [0.15, 0.2) is 0 Å². The average Bonchev–Trinajstić information content (AvgIpc) is 3.12. The zero-order chi connectivity index (χ0) is 34.8. The fourth-order valence-electron chi connectivity index (χ4n) is 7.23. The summed E-state index contributed by atoms with van der Waals surface area (Å²) in [5.41, 5.74) is 10.5. The van der Waals surface area contributed by atoms with E-state index in [-0.39, 0.29) is 17.9 Å². The van der Waals surface area contributed by atoms with E-state index in [2.05, 4.69) is 103 Å². The van der Waals surface area contributed by atoms with Gasteiger partial charge in [-0.3, -0.25) is 9.59 Å². The first kappa shape index (κ1) is 38.4. The van der Waals surface area contributed by atoms with Gasteiger partial charge in [0.1, 0.15) is 0 Å². The number of rotatable bonds is 21. The lowest BCUT2D eigenvalue weighted by atomic mass is 9.59. The summed E-state index contributed by atoms with van der Waals surface area (Å²) >= 11 is 0. The number of hydrogen-bond acceptors (Lipinski definition) is 5. The SMILES string of the molecule is CCC(C)CC(CC(CC(C)(CC(C)C(=O)OCCCCCCN=[N+]=[N-])C(=O)OC)(c1ccccc1)c1ccccc1)c1ccccc1. The van der Waals surface area contributed by atoms with E-state index in [9.17, 15) is 9.59 Å². The Morgan fingerprint density at radius 3 is 1.94 bits per heavy atom. The Morgan fingerprint density at radius 1 is 0.833 bits per heavy atom. The third kappa shape index (κ3) is 11.0. The maximum Gasteiger partial charge on any atom is 0.311 e. The average molecular weight is 654 g/mol. The van der Waals surface area contributed by atoms with Gasteiger partial charge < -0.3 is 9.47 Å². The molecule has 3 rings (SSSR count). The van der Waals surface area contributed by atoms with E-state index in [0.29, 0.717) is 31.9 Å². The van der Waals surface area contributed by atoms with Crippen molar-refractivity contribution in [1.82, 2.24) is 0 Å². The normalized spacial score (nSPS) is 14.5. The van der Waals surface area contributed by atoms with E-state index in [1.54, 1.807) is 0 Å². The summed E-state index contributed by atoms with van der Waals surface area (Å²) in [4.78, 5) is 30.0. The summed E-state index contributed by atoms with van der Waals surface area (Å²) in [6.07, 6.45) is 7.02. The van der Waals surface area contributed by atoms with Crippen LogP contribution in [-0.2, 0) is 24.5 Å². The van der Waals surface area contributed by atoms with Gasteiger partial charge in [0, 0.05) is 16.9 Å². The Bertz CT molecular complexity index is 1390. The summed E-state index contributed by atoms with van der Waals surface area (Å²) in [7, 11) is 1.44. The van der Waals surface area contributed by atoms with Crippen molar-refractivity contribution in [2.45, 2.75) is 96.8 Å². The molecule has 0 saturated heterocycles. The summed E-state index contributed by atoms with van der Waals surface area (Å²) in [6, 6.07) is 31.8. The molecular formula is C41H55N3O4. The van der Waals surface area contributed by atoms with Crippen LogP contribution in [0.3, 0.4) is 0 Å². The Morgan fingerprint density at radius 2 is 1.40 bits per heavy atom. The van der Waals surface area contributed by atoms with Crippen LogP contribution in [0.25, 0.3) is 10.4 Å². The van der Waals surface area contributed by atoms with E-state index in [4.69, 9.17) is 15.0 Å². The second-order valence-electron chi connectivity index (χ2n) is 13.7. The van der Waals surface area contributed by atoms with E-state index in [1.807, 2.05) is 26.0 Å². The molecule has 0 amide bonds. The van der Waals surface area contributed by atoms with Crippen molar-refractivity contribution in [3.8, 4) is 0 Å².